The van der Waals surface area contributed by atoms with Gasteiger partial charge in [0.1, 0.15) is 5.75 Å². The highest BCUT2D eigenvalue weighted by Crippen LogP contribution is 2.27. The van der Waals surface area contributed by atoms with Crippen molar-refractivity contribution in [2.75, 3.05) is 24.7 Å². The van der Waals surface area contributed by atoms with E-state index in [9.17, 15) is 10.1 Å². The fourth-order valence-electron chi connectivity index (χ4n) is 1.61. The van der Waals surface area contributed by atoms with E-state index in [1.165, 1.54) is 12.1 Å². The number of hydrogen-bond acceptors (Lipinski definition) is 6. The first-order valence-electron chi connectivity index (χ1n) is 5.83. The molecule has 1 heterocycles. The van der Waals surface area contributed by atoms with Gasteiger partial charge in [-0.05, 0) is 12.1 Å². The molecule has 0 aliphatic carbocycles. The van der Waals surface area contributed by atoms with Gasteiger partial charge in [-0.15, -0.1) is 0 Å². The number of nitrogen functional groups attached to an aromatic ring is 1. The van der Waals surface area contributed by atoms with E-state index in [-0.39, 0.29) is 17.4 Å². The SMILES string of the molecule is CN(C)c1cccc(Oc2ccc([N+](=O)[O-])c(N)n2)c1. The molecule has 0 unspecified atom stereocenters. The Labute approximate surface area is 115 Å². The van der Waals surface area contributed by atoms with Crippen LogP contribution in [0, 0.1) is 10.1 Å². The molecule has 2 N–H and O–H groups in total. The first-order chi connectivity index (χ1) is 9.47. The lowest BCUT2D eigenvalue weighted by Gasteiger charge is -2.13. The summed E-state index contributed by atoms with van der Waals surface area (Å²) in [5, 5.41) is 10.7. The van der Waals surface area contributed by atoms with E-state index in [0.717, 1.165) is 5.69 Å². The van der Waals surface area contributed by atoms with Gasteiger partial charge in [-0.25, -0.2) is 0 Å². The highest BCUT2D eigenvalue weighted by Gasteiger charge is 2.13. The Balaban J connectivity index is 2.24. The van der Waals surface area contributed by atoms with Crippen molar-refractivity contribution in [2.45, 2.75) is 0 Å². The molecule has 0 saturated heterocycles. The lowest BCUT2D eigenvalue weighted by molar-refractivity contribution is -0.384. The molecule has 0 amide bonds. The number of anilines is 2. The number of ether oxygens (including phenoxy) is 1. The van der Waals surface area contributed by atoms with Gasteiger partial charge in [0.15, 0.2) is 0 Å². The topological polar surface area (TPSA) is 94.5 Å². The number of nitrogens with zero attached hydrogens (tertiary/aromatic N) is 3. The van der Waals surface area contributed by atoms with Crippen LogP contribution in [0.15, 0.2) is 36.4 Å². The van der Waals surface area contributed by atoms with Crippen molar-refractivity contribution in [1.29, 1.82) is 0 Å². The number of benzene rings is 1. The summed E-state index contributed by atoms with van der Waals surface area (Å²) in [5.41, 5.74) is 6.25. The summed E-state index contributed by atoms with van der Waals surface area (Å²) in [7, 11) is 3.84. The largest absolute Gasteiger partial charge is 0.439 e. The van der Waals surface area contributed by atoms with Crippen molar-refractivity contribution in [3.05, 3.63) is 46.5 Å². The van der Waals surface area contributed by atoms with Crippen LogP contribution in [0.1, 0.15) is 0 Å². The van der Waals surface area contributed by atoms with Crippen molar-refractivity contribution >= 4 is 17.2 Å². The first kappa shape index (κ1) is 13.6. The summed E-state index contributed by atoms with van der Waals surface area (Å²) in [5.74, 6) is 0.622. The highest BCUT2D eigenvalue weighted by atomic mass is 16.6. The Morgan fingerprint density at radius 1 is 1.30 bits per heavy atom. The molecule has 0 bridgehead atoms. The second kappa shape index (κ2) is 5.43. The number of nitrogens with two attached hydrogens (primary N) is 1. The van der Waals surface area contributed by atoms with Crippen molar-refractivity contribution in [3.63, 3.8) is 0 Å². The zero-order valence-corrected chi connectivity index (χ0v) is 11.1. The van der Waals surface area contributed by atoms with Crippen molar-refractivity contribution < 1.29 is 9.66 Å². The third-order valence-electron chi connectivity index (χ3n) is 2.63. The Morgan fingerprint density at radius 2 is 2.05 bits per heavy atom. The minimum atomic E-state index is -0.585. The molecule has 1 aromatic carbocycles. The average Bonchev–Trinajstić information content (AvgIpc) is 2.38. The molecule has 0 spiro atoms. The van der Waals surface area contributed by atoms with E-state index in [4.69, 9.17) is 10.5 Å². The Kier molecular flexibility index (Phi) is 3.69. The van der Waals surface area contributed by atoms with Gasteiger partial charge in [0.05, 0.1) is 4.92 Å². The summed E-state index contributed by atoms with van der Waals surface area (Å²) >= 11 is 0. The summed E-state index contributed by atoms with van der Waals surface area (Å²) in [6.45, 7) is 0. The number of hydrogen-bond donors (Lipinski definition) is 1. The van der Waals surface area contributed by atoms with Gasteiger partial charge in [-0.3, -0.25) is 10.1 Å². The normalized spacial score (nSPS) is 10.1. The summed E-state index contributed by atoms with van der Waals surface area (Å²) in [4.78, 5) is 15.9. The molecule has 7 heteroatoms. The standard InChI is InChI=1S/C13H14N4O3/c1-16(2)9-4-3-5-10(8-9)20-12-7-6-11(17(18)19)13(14)15-12/h3-8H,1-2H3,(H2,14,15). The van der Waals surface area contributed by atoms with Crippen LogP contribution in [0.3, 0.4) is 0 Å². The smallest absolute Gasteiger partial charge is 0.311 e. The maximum Gasteiger partial charge on any atom is 0.311 e. The second-order valence-electron chi connectivity index (χ2n) is 4.30. The van der Waals surface area contributed by atoms with Gasteiger partial charge < -0.3 is 15.4 Å². The monoisotopic (exact) mass is 274 g/mol. The van der Waals surface area contributed by atoms with Gasteiger partial charge in [0.25, 0.3) is 0 Å². The fourth-order valence-corrected chi connectivity index (χ4v) is 1.61. The van der Waals surface area contributed by atoms with Gasteiger partial charge in [-0.2, -0.15) is 4.98 Å². The molecule has 20 heavy (non-hydrogen) atoms. The minimum Gasteiger partial charge on any atom is -0.439 e. The molecular weight excluding hydrogens is 260 g/mol. The number of pyridine rings is 1. The maximum atomic E-state index is 10.7. The molecule has 0 aliphatic rings. The number of nitro groups is 1. The molecule has 0 radical (unpaired) electrons. The Bertz CT molecular complexity index is 643. The van der Waals surface area contributed by atoms with E-state index in [0.29, 0.717) is 5.75 Å². The quantitative estimate of drug-likeness (QED) is 0.679. The fraction of sp³-hybridized carbons (Fsp3) is 0.154. The predicted octanol–water partition coefficient (Wildman–Crippen LogP) is 2.43. The van der Waals surface area contributed by atoms with Crippen LogP contribution in [0.2, 0.25) is 0 Å². The summed E-state index contributed by atoms with van der Waals surface area (Å²) in [6, 6.07) is 10.1. The summed E-state index contributed by atoms with van der Waals surface area (Å²) < 4.78 is 5.54. The minimum absolute atomic E-state index is 0.170. The molecular formula is C13H14N4O3. The zero-order chi connectivity index (χ0) is 14.7. The van der Waals surface area contributed by atoms with Crippen LogP contribution < -0.4 is 15.4 Å². The molecule has 2 aromatic rings. The van der Waals surface area contributed by atoms with Crippen molar-refractivity contribution in [3.8, 4) is 11.6 Å². The molecule has 0 fully saturated rings. The Morgan fingerprint density at radius 3 is 2.65 bits per heavy atom. The maximum absolute atomic E-state index is 10.7. The van der Waals surface area contributed by atoms with Crippen molar-refractivity contribution in [2.24, 2.45) is 0 Å². The number of aromatic nitrogens is 1. The van der Waals surface area contributed by atoms with E-state index in [1.54, 1.807) is 6.07 Å². The lowest BCUT2D eigenvalue weighted by atomic mass is 10.3. The first-order valence-corrected chi connectivity index (χ1v) is 5.83. The molecule has 0 atom stereocenters. The van der Waals surface area contributed by atoms with Crippen LogP contribution in [-0.2, 0) is 0 Å². The lowest BCUT2D eigenvalue weighted by Crippen LogP contribution is -2.08. The molecule has 0 saturated carbocycles. The second-order valence-corrected chi connectivity index (χ2v) is 4.30. The van der Waals surface area contributed by atoms with Gasteiger partial charge >= 0.3 is 5.69 Å². The zero-order valence-electron chi connectivity index (χ0n) is 11.1. The van der Waals surface area contributed by atoms with Gasteiger partial charge in [0, 0.05) is 38.0 Å². The molecule has 7 nitrogen and oxygen atoms in total. The highest BCUT2D eigenvalue weighted by molar-refractivity contribution is 5.54. The third-order valence-corrected chi connectivity index (χ3v) is 2.63. The predicted molar refractivity (Wildman–Crippen MR) is 76.1 cm³/mol. The van der Waals surface area contributed by atoms with Crippen LogP contribution in [0.4, 0.5) is 17.2 Å². The number of rotatable bonds is 4. The molecule has 0 aliphatic heterocycles. The van der Waals surface area contributed by atoms with E-state index in [2.05, 4.69) is 4.98 Å². The van der Waals surface area contributed by atoms with Gasteiger partial charge in [0.2, 0.25) is 11.7 Å². The van der Waals surface area contributed by atoms with Crippen LogP contribution in [0.5, 0.6) is 11.6 Å². The van der Waals surface area contributed by atoms with E-state index < -0.39 is 4.92 Å². The van der Waals surface area contributed by atoms with E-state index in [1.807, 2.05) is 37.2 Å². The van der Waals surface area contributed by atoms with Crippen LogP contribution in [-0.4, -0.2) is 24.0 Å². The molecule has 2 rings (SSSR count). The van der Waals surface area contributed by atoms with Crippen molar-refractivity contribution in [1.82, 2.24) is 4.98 Å². The third kappa shape index (κ3) is 2.94. The van der Waals surface area contributed by atoms with Crippen LogP contribution in [0.25, 0.3) is 0 Å². The Hall–Kier alpha value is -2.83. The summed E-state index contributed by atoms with van der Waals surface area (Å²) in [6.07, 6.45) is 0. The molecule has 104 valence electrons. The van der Waals surface area contributed by atoms with Crippen LogP contribution >= 0.6 is 0 Å². The van der Waals surface area contributed by atoms with Gasteiger partial charge in [-0.1, -0.05) is 6.07 Å². The van der Waals surface area contributed by atoms with E-state index >= 15 is 0 Å². The average molecular weight is 274 g/mol. The molecule has 1 aromatic heterocycles.